The number of allylic oxidation sites excluding steroid dienone is 4. The number of fused-ring (bicyclic) bond motifs is 6. The van der Waals surface area contributed by atoms with Gasteiger partial charge in [-0.15, -0.1) is 0 Å². The quantitative estimate of drug-likeness (QED) is 0.184. The van der Waals surface area contributed by atoms with Gasteiger partial charge in [-0.3, -0.25) is 0 Å². The molecule has 2 heterocycles. The molecular formula is C45H34N2O. The number of anilines is 2. The second kappa shape index (κ2) is 11.3. The maximum absolute atomic E-state index is 6.63. The van der Waals surface area contributed by atoms with Gasteiger partial charge in [0.15, 0.2) is 0 Å². The third-order valence-electron chi connectivity index (χ3n) is 9.87. The van der Waals surface area contributed by atoms with Crippen LogP contribution in [0.2, 0.25) is 0 Å². The molecule has 6 aromatic carbocycles. The molecule has 0 amide bonds. The van der Waals surface area contributed by atoms with Gasteiger partial charge in [0, 0.05) is 45.0 Å². The summed E-state index contributed by atoms with van der Waals surface area (Å²) >= 11 is 0. The van der Waals surface area contributed by atoms with Crippen LogP contribution in [0.25, 0.3) is 33.1 Å². The SMILES string of the molecule is C=C(C1C=C(c2ccc3c(c2)c2ccccc2n3-c2ccccc2)C=C2Oc3ccccc3C21)N(c1ccccc1)c1ccccc1C. The lowest BCUT2D eigenvalue weighted by molar-refractivity contribution is 0.409. The zero-order chi connectivity index (χ0) is 32.2. The molecule has 1 aliphatic carbocycles. The maximum atomic E-state index is 6.63. The Balaban J connectivity index is 1.22. The molecule has 3 heteroatoms. The fraction of sp³-hybridized carbons (Fsp3) is 0.0667. The van der Waals surface area contributed by atoms with E-state index in [9.17, 15) is 0 Å². The van der Waals surface area contributed by atoms with Crippen LogP contribution in [0.4, 0.5) is 11.4 Å². The highest BCUT2D eigenvalue weighted by Crippen LogP contribution is 2.52. The molecule has 1 aromatic heterocycles. The highest BCUT2D eigenvalue weighted by atomic mass is 16.5. The number of rotatable bonds is 6. The van der Waals surface area contributed by atoms with Crippen molar-refractivity contribution in [3.8, 4) is 11.4 Å². The number of aryl methyl sites for hydroxylation is 1. The predicted octanol–water partition coefficient (Wildman–Crippen LogP) is 11.5. The number of aromatic nitrogens is 1. The van der Waals surface area contributed by atoms with E-state index in [1.54, 1.807) is 0 Å². The molecule has 230 valence electrons. The second-order valence-corrected chi connectivity index (χ2v) is 12.7. The molecule has 9 rings (SSSR count). The standard InChI is InChI=1S/C45H34N2O/c1-30-15-9-12-22-40(30)46(34-16-5-3-6-17-34)31(2)38-28-33(29-44-45(38)37-21-11-14-24-43(37)48-44)32-25-26-42-39(27-32)36-20-10-13-23-41(36)47(42)35-18-7-4-8-19-35/h3-29,38,45H,2H2,1H3. The zero-order valence-corrected chi connectivity index (χ0v) is 26.8. The second-order valence-electron chi connectivity index (χ2n) is 12.7. The van der Waals surface area contributed by atoms with E-state index in [0.29, 0.717) is 0 Å². The molecular weight excluding hydrogens is 585 g/mol. The maximum Gasteiger partial charge on any atom is 0.130 e. The van der Waals surface area contributed by atoms with Crippen molar-refractivity contribution in [2.75, 3.05) is 4.90 Å². The average Bonchev–Trinajstić information content (AvgIpc) is 3.68. The van der Waals surface area contributed by atoms with E-state index >= 15 is 0 Å². The van der Waals surface area contributed by atoms with Crippen LogP contribution in [0.1, 0.15) is 22.6 Å². The van der Waals surface area contributed by atoms with E-state index < -0.39 is 0 Å². The first-order chi connectivity index (χ1) is 23.7. The third kappa shape index (κ3) is 4.51. The number of nitrogens with zero attached hydrogens (tertiary/aromatic N) is 2. The minimum Gasteiger partial charge on any atom is -0.461 e. The Labute approximate surface area is 281 Å². The minimum atomic E-state index is -0.0511. The molecule has 1 aliphatic heterocycles. The summed E-state index contributed by atoms with van der Waals surface area (Å²) in [6.07, 6.45) is 4.65. The topological polar surface area (TPSA) is 17.4 Å². The van der Waals surface area contributed by atoms with E-state index in [1.165, 1.54) is 32.9 Å². The first-order valence-electron chi connectivity index (χ1n) is 16.5. The van der Waals surface area contributed by atoms with Gasteiger partial charge in [0.25, 0.3) is 0 Å². The Kier molecular flexibility index (Phi) is 6.65. The first-order valence-corrected chi connectivity index (χ1v) is 16.5. The van der Waals surface area contributed by atoms with Gasteiger partial charge in [0.1, 0.15) is 11.5 Å². The molecule has 2 aliphatic rings. The molecule has 0 N–H and O–H groups in total. The minimum absolute atomic E-state index is 0.0244. The van der Waals surface area contributed by atoms with Crippen molar-refractivity contribution >= 4 is 38.8 Å². The fourth-order valence-corrected chi connectivity index (χ4v) is 7.63. The molecule has 0 saturated carbocycles. The number of para-hydroxylation sites is 5. The highest BCUT2D eigenvalue weighted by Gasteiger charge is 2.40. The van der Waals surface area contributed by atoms with Crippen LogP contribution in [0.15, 0.2) is 182 Å². The summed E-state index contributed by atoms with van der Waals surface area (Å²) in [5.41, 5.74) is 11.5. The van der Waals surface area contributed by atoms with E-state index in [1.807, 2.05) is 0 Å². The summed E-state index contributed by atoms with van der Waals surface area (Å²) in [4.78, 5) is 2.33. The molecule has 0 saturated heterocycles. The molecule has 2 atom stereocenters. The van der Waals surface area contributed by atoms with Crippen LogP contribution in [0.5, 0.6) is 5.75 Å². The molecule has 3 nitrogen and oxygen atoms in total. The van der Waals surface area contributed by atoms with Crippen molar-refractivity contribution in [3.63, 3.8) is 0 Å². The van der Waals surface area contributed by atoms with Crippen LogP contribution < -0.4 is 9.64 Å². The molecule has 48 heavy (non-hydrogen) atoms. The van der Waals surface area contributed by atoms with E-state index in [-0.39, 0.29) is 11.8 Å². The summed E-state index contributed by atoms with van der Waals surface area (Å²) < 4.78 is 8.99. The fourth-order valence-electron chi connectivity index (χ4n) is 7.63. The van der Waals surface area contributed by atoms with Gasteiger partial charge in [0.2, 0.25) is 0 Å². The van der Waals surface area contributed by atoms with Crippen LogP contribution >= 0.6 is 0 Å². The largest absolute Gasteiger partial charge is 0.461 e. The molecule has 7 aromatic rings. The number of benzene rings is 6. The highest BCUT2D eigenvalue weighted by molar-refractivity contribution is 6.10. The third-order valence-corrected chi connectivity index (χ3v) is 9.87. The number of hydrogen-bond donors (Lipinski definition) is 0. The summed E-state index contributed by atoms with van der Waals surface area (Å²) in [7, 11) is 0. The molecule has 0 radical (unpaired) electrons. The molecule has 0 fully saturated rings. The van der Waals surface area contributed by atoms with Crippen LogP contribution in [-0.4, -0.2) is 4.57 Å². The molecule has 0 bridgehead atoms. The van der Waals surface area contributed by atoms with Crippen molar-refractivity contribution in [2.24, 2.45) is 5.92 Å². The Morgan fingerprint density at radius 1 is 0.688 bits per heavy atom. The Hall–Kier alpha value is -6.06. The lowest BCUT2D eigenvalue weighted by Gasteiger charge is -2.36. The summed E-state index contributed by atoms with van der Waals surface area (Å²) in [6, 6.07) is 53.7. The van der Waals surface area contributed by atoms with Crippen molar-refractivity contribution < 1.29 is 4.74 Å². The van der Waals surface area contributed by atoms with E-state index in [0.717, 1.165) is 45.4 Å². The monoisotopic (exact) mass is 618 g/mol. The summed E-state index contributed by atoms with van der Waals surface area (Å²) in [5.74, 6) is 1.86. The average molecular weight is 619 g/mol. The summed E-state index contributed by atoms with van der Waals surface area (Å²) in [5, 5.41) is 2.46. The predicted molar refractivity (Wildman–Crippen MR) is 199 cm³/mol. The van der Waals surface area contributed by atoms with Crippen molar-refractivity contribution in [1.82, 2.24) is 4.57 Å². The van der Waals surface area contributed by atoms with Gasteiger partial charge in [-0.2, -0.15) is 0 Å². The Morgan fingerprint density at radius 2 is 1.38 bits per heavy atom. The van der Waals surface area contributed by atoms with Gasteiger partial charge >= 0.3 is 0 Å². The molecule has 0 spiro atoms. The lowest BCUT2D eigenvalue weighted by Crippen LogP contribution is -2.27. The van der Waals surface area contributed by atoms with Gasteiger partial charge in [0.05, 0.1) is 17.0 Å². The smallest absolute Gasteiger partial charge is 0.130 e. The van der Waals surface area contributed by atoms with Gasteiger partial charge in [-0.25, -0.2) is 0 Å². The van der Waals surface area contributed by atoms with Crippen LogP contribution in [0, 0.1) is 12.8 Å². The van der Waals surface area contributed by atoms with Crippen molar-refractivity contribution in [1.29, 1.82) is 0 Å². The van der Waals surface area contributed by atoms with Crippen LogP contribution in [0.3, 0.4) is 0 Å². The Morgan fingerprint density at radius 3 is 2.21 bits per heavy atom. The van der Waals surface area contributed by atoms with Crippen LogP contribution in [-0.2, 0) is 0 Å². The van der Waals surface area contributed by atoms with Crippen molar-refractivity contribution in [2.45, 2.75) is 12.8 Å². The van der Waals surface area contributed by atoms with Gasteiger partial charge in [-0.1, -0.05) is 110 Å². The zero-order valence-electron chi connectivity index (χ0n) is 26.8. The lowest BCUT2D eigenvalue weighted by atomic mass is 9.77. The summed E-state index contributed by atoms with van der Waals surface area (Å²) in [6.45, 7) is 7.02. The number of hydrogen-bond acceptors (Lipinski definition) is 2. The van der Waals surface area contributed by atoms with Gasteiger partial charge in [-0.05, 0) is 84.3 Å². The van der Waals surface area contributed by atoms with E-state index in [4.69, 9.17) is 11.3 Å². The van der Waals surface area contributed by atoms with Gasteiger partial charge < -0.3 is 14.2 Å². The molecule has 2 unspecified atom stereocenters. The normalized spacial score (nSPS) is 16.5. The van der Waals surface area contributed by atoms with Crippen molar-refractivity contribution in [3.05, 3.63) is 199 Å². The Bertz CT molecular complexity index is 2420. The first kappa shape index (κ1) is 28.2. The number of ether oxygens (including phenoxy) is 1. The van der Waals surface area contributed by atoms with E-state index in [2.05, 4.69) is 180 Å².